The molecule has 25 heavy (non-hydrogen) atoms. The Morgan fingerprint density at radius 2 is 2.04 bits per heavy atom. The molecule has 132 valence electrons. The Morgan fingerprint density at radius 1 is 1.32 bits per heavy atom. The summed E-state index contributed by atoms with van der Waals surface area (Å²) in [6.07, 6.45) is 5.96. The number of likely N-dealkylation sites (tertiary alicyclic amines) is 1. The molecule has 1 aliphatic rings. The van der Waals surface area contributed by atoms with Crippen molar-refractivity contribution in [2.45, 2.75) is 18.9 Å². The summed E-state index contributed by atoms with van der Waals surface area (Å²) < 4.78 is 0.906. The second-order valence-electron chi connectivity index (χ2n) is 6.07. The molecule has 1 N–H and O–H groups in total. The van der Waals surface area contributed by atoms with Crippen molar-refractivity contribution >= 4 is 11.7 Å². The number of amides is 1. The number of hydrogen-bond acceptors (Lipinski definition) is 6. The molecule has 2 aromatic heterocycles. The summed E-state index contributed by atoms with van der Waals surface area (Å²) >= 11 is 0. The lowest BCUT2D eigenvalue weighted by atomic mass is 10.0. The molecule has 0 spiro atoms. The van der Waals surface area contributed by atoms with Gasteiger partial charge in [-0.05, 0) is 18.9 Å². The van der Waals surface area contributed by atoms with Crippen LogP contribution in [0.5, 0.6) is 0 Å². The van der Waals surface area contributed by atoms with Gasteiger partial charge < -0.3 is 14.8 Å². The first-order valence-corrected chi connectivity index (χ1v) is 8.06. The molecule has 1 fully saturated rings. The maximum atomic E-state index is 12.6. The summed E-state index contributed by atoms with van der Waals surface area (Å²) in [4.78, 5) is 50.4. The Morgan fingerprint density at radius 3 is 2.68 bits per heavy atom. The van der Waals surface area contributed by atoms with Gasteiger partial charge in [0.25, 0.3) is 11.5 Å². The quantitative estimate of drug-likeness (QED) is 0.813. The molecule has 0 atom stereocenters. The molecule has 1 aliphatic heterocycles. The molecule has 0 unspecified atom stereocenters. The van der Waals surface area contributed by atoms with E-state index in [1.54, 1.807) is 11.1 Å². The second kappa shape index (κ2) is 6.88. The molecular formula is C16H20N6O3. The molecule has 0 radical (unpaired) electrons. The van der Waals surface area contributed by atoms with Crippen molar-refractivity contribution in [3.8, 4) is 0 Å². The van der Waals surface area contributed by atoms with E-state index in [4.69, 9.17) is 0 Å². The van der Waals surface area contributed by atoms with E-state index >= 15 is 0 Å². The minimum Gasteiger partial charge on any atom is -0.356 e. The standard InChI is InChI=1S/C16H20N6O3/c1-20(13-3-6-17-10-19-13)11-4-7-22(8-5-11)15(24)12-9-18-16(25)21(2)14(12)23/h3,6,9-11H,4-5,7-8H2,1-2H3,(H,18,25). The molecule has 9 heteroatoms. The van der Waals surface area contributed by atoms with Gasteiger partial charge in [-0.2, -0.15) is 0 Å². The lowest BCUT2D eigenvalue weighted by Gasteiger charge is -2.37. The summed E-state index contributed by atoms with van der Waals surface area (Å²) in [7, 11) is 3.32. The Bertz CT molecular complexity index is 867. The van der Waals surface area contributed by atoms with Gasteiger partial charge in [0.15, 0.2) is 0 Å². The molecule has 0 aliphatic carbocycles. The highest BCUT2D eigenvalue weighted by atomic mass is 16.2. The lowest BCUT2D eigenvalue weighted by molar-refractivity contribution is 0.0710. The monoisotopic (exact) mass is 344 g/mol. The molecule has 2 aromatic rings. The Hall–Kier alpha value is -2.97. The number of H-pyrrole nitrogens is 1. The number of nitrogens with one attached hydrogen (secondary N) is 1. The molecule has 0 bridgehead atoms. The largest absolute Gasteiger partial charge is 0.356 e. The van der Waals surface area contributed by atoms with E-state index in [1.165, 1.54) is 19.6 Å². The number of anilines is 1. The zero-order valence-corrected chi connectivity index (χ0v) is 14.2. The van der Waals surface area contributed by atoms with Crippen LogP contribution < -0.4 is 16.1 Å². The van der Waals surface area contributed by atoms with Gasteiger partial charge in [0.05, 0.1) is 0 Å². The lowest BCUT2D eigenvalue weighted by Crippen LogP contribution is -2.47. The van der Waals surface area contributed by atoms with Crippen molar-refractivity contribution in [1.82, 2.24) is 24.4 Å². The normalized spacial score (nSPS) is 15.2. The van der Waals surface area contributed by atoms with Crippen LogP contribution in [0.1, 0.15) is 23.2 Å². The van der Waals surface area contributed by atoms with E-state index < -0.39 is 11.2 Å². The smallest absolute Gasteiger partial charge is 0.328 e. The minimum atomic E-state index is -0.575. The van der Waals surface area contributed by atoms with E-state index in [0.29, 0.717) is 13.1 Å². The zero-order chi connectivity index (χ0) is 18.0. The topological polar surface area (TPSA) is 104 Å². The van der Waals surface area contributed by atoms with E-state index in [0.717, 1.165) is 23.2 Å². The SMILES string of the molecule is CN(c1ccncn1)C1CCN(C(=O)c2c[nH]c(=O)n(C)c2=O)CC1. The first kappa shape index (κ1) is 16.9. The Balaban J connectivity index is 1.68. The van der Waals surface area contributed by atoms with Crippen LogP contribution in [0, 0.1) is 0 Å². The predicted octanol–water partition coefficient (Wildman–Crippen LogP) is -0.395. The summed E-state index contributed by atoms with van der Waals surface area (Å²) in [6.45, 7) is 1.09. The van der Waals surface area contributed by atoms with Crippen LogP contribution in [0.25, 0.3) is 0 Å². The Kier molecular flexibility index (Phi) is 4.64. The molecule has 9 nitrogen and oxygen atoms in total. The van der Waals surface area contributed by atoms with Crippen molar-refractivity contribution in [3.05, 3.63) is 51.2 Å². The fraction of sp³-hybridized carbons (Fsp3) is 0.438. The first-order valence-electron chi connectivity index (χ1n) is 8.06. The van der Waals surface area contributed by atoms with Crippen molar-refractivity contribution in [3.63, 3.8) is 0 Å². The van der Waals surface area contributed by atoms with E-state index in [-0.39, 0.29) is 17.5 Å². The average Bonchev–Trinajstić information content (AvgIpc) is 2.66. The molecule has 3 rings (SSSR count). The van der Waals surface area contributed by atoms with Crippen LogP contribution in [0.15, 0.2) is 34.4 Å². The number of hydrogen-bond donors (Lipinski definition) is 1. The first-order chi connectivity index (χ1) is 12.0. The van der Waals surface area contributed by atoms with Gasteiger partial charge >= 0.3 is 5.69 Å². The van der Waals surface area contributed by atoms with Crippen molar-refractivity contribution in [1.29, 1.82) is 0 Å². The average molecular weight is 344 g/mol. The van der Waals surface area contributed by atoms with Crippen LogP contribution in [-0.4, -0.2) is 56.5 Å². The maximum absolute atomic E-state index is 12.6. The van der Waals surface area contributed by atoms with Crippen LogP contribution in [-0.2, 0) is 7.05 Å². The van der Waals surface area contributed by atoms with Gasteiger partial charge in [-0.25, -0.2) is 14.8 Å². The summed E-state index contributed by atoms with van der Waals surface area (Å²) in [5, 5.41) is 0. The molecule has 1 saturated heterocycles. The number of nitrogens with zero attached hydrogens (tertiary/aromatic N) is 5. The van der Waals surface area contributed by atoms with Crippen molar-refractivity contribution < 1.29 is 4.79 Å². The fourth-order valence-electron chi connectivity index (χ4n) is 3.02. The van der Waals surface area contributed by atoms with E-state index in [2.05, 4.69) is 19.9 Å². The molecule has 0 saturated carbocycles. The van der Waals surface area contributed by atoms with Gasteiger partial charge in [0.1, 0.15) is 17.7 Å². The van der Waals surface area contributed by atoms with Gasteiger partial charge in [-0.3, -0.25) is 14.2 Å². The fourth-order valence-corrected chi connectivity index (χ4v) is 3.02. The highest BCUT2D eigenvalue weighted by Crippen LogP contribution is 2.20. The van der Waals surface area contributed by atoms with E-state index in [9.17, 15) is 14.4 Å². The van der Waals surface area contributed by atoms with Crippen LogP contribution in [0.2, 0.25) is 0 Å². The highest BCUT2D eigenvalue weighted by molar-refractivity contribution is 5.93. The van der Waals surface area contributed by atoms with Gasteiger partial charge in [0, 0.05) is 45.6 Å². The summed E-state index contributed by atoms with van der Waals surface area (Å²) in [5.74, 6) is 0.495. The van der Waals surface area contributed by atoms with Gasteiger partial charge in [-0.1, -0.05) is 0 Å². The third-order valence-electron chi connectivity index (χ3n) is 4.64. The van der Waals surface area contributed by atoms with Crippen LogP contribution >= 0.6 is 0 Å². The van der Waals surface area contributed by atoms with Gasteiger partial charge in [0.2, 0.25) is 0 Å². The van der Waals surface area contributed by atoms with Gasteiger partial charge in [-0.15, -0.1) is 0 Å². The summed E-state index contributed by atoms with van der Waals surface area (Å²) in [5.41, 5.74) is -1.12. The summed E-state index contributed by atoms with van der Waals surface area (Å²) in [6, 6.07) is 2.11. The van der Waals surface area contributed by atoms with Crippen LogP contribution in [0.3, 0.4) is 0 Å². The second-order valence-corrected chi connectivity index (χ2v) is 6.07. The van der Waals surface area contributed by atoms with Crippen molar-refractivity contribution in [2.75, 3.05) is 25.0 Å². The number of aromatic amines is 1. The molecule has 1 amide bonds. The zero-order valence-electron chi connectivity index (χ0n) is 14.2. The predicted molar refractivity (Wildman–Crippen MR) is 91.7 cm³/mol. The minimum absolute atomic E-state index is 0.00953. The molecule has 3 heterocycles. The molecular weight excluding hydrogens is 324 g/mol. The highest BCUT2D eigenvalue weighted by Gasteiger charge is 2.28. The van der Waals surface area contributed by atoms with Crippen molar-refractivity contribution in [2.24, 2.45) is 7.05 Å². The maximum Gasteiger partial charge on any atom is 0.328 e. The molecule has 0 aromatic carbocycles. The number of aromatic nitrogens is 4. The Labute approximate surface area is 143 Å². The number of carbonyl (C=O) groups is 1. The number of rotatable bonds is 3. The van der Waals surface area contributed by atoms with E-state index in [1.807, 2.05) is 13.1 Å². The third kappa shape index (κ3) is 3.30. The number of carbonyl (C=O) groups excluding carboxylic acids is 1. The third-order valence-corrected chi connectivity index (χ3v) is 4.64. The number of piperidine rings is 1. The van der Waals surface area contributed by atoms with Crippen LogP contribution in [0.4, 0.5) is 5.82 Å².